The van der Waals surface area contributed by atoms with Crippen molar-refractivity contribution in [3.05, 3.63) is 122 Å². The molecule has 1 fully saturated rings. The Morgan fingerprint density at radius 3 is 2.39 bits per heavy atom. The number of halogens is 7. The van der Waals surface area contributed by atoms with Gasteiger partial charge in [0.25, 0.3) is 11.5 Å². The average molecular weight is 760 g/mol. The van der Waals surface area contributed by atoms with Crippen molar-refractivity contribution >= 4 is 11.9 Å². The molecule has 2 aliphatic rings. The van der Waals surface area contributed by atoms with Crippen LogP contribution in [0.1, 0.15) is 70.3 Å². The Morgan fingerprint density at radius 1 is 0.981 bits per heavy atom. The molecule has 4 bridgehead atoms. The Labute approximate surface area is 305 Å². The smallest absolute Gasteiger partial charge is 0.416 e. The molecule has 2 atom stereocenters. The van der Waals surface area contributed by atoms with Crippen molar-refractivity contribution in [1.29, 1.82) is 0 Å². The molecule has 15 heteroatoms. The molecule has 0 spiro atoms. The first-order valence-electron chi connectivity index (χ1n) is 17.2. The number of alkyl halides is 5. The Morgan fingerprint density at radius 2 is 1.70 bits per heavy atom. The van der Waals surface area contributed by atoms with Crippen LogP contribution in [0.3, 0.4) is 0 Å². The van der Waals surface area contributed by atoms with Gasteiger partial charge in [0.15, 0.2) is 0 Å². The number of hydrogen-bond donors (Lipinski definition) is 2. The highest BCUT2D eigenvalue weighted by Gasteiger charge is 2.38. The molecule has 1 aromatic heterocycles. The maximum absolute atomic E-state index is 16.0. The molecule has 0 radical (unpaired) electrons. The summed E-state index contributed by atoms with van der Waals surface area (Å²) in [6.07, 6.45) is -6.44. The van der Waals surface area contributed by atoms with Crippen molar-refractivity contribution in [2.24, 2.45) is 0 Å². The molecule has 286 valence electrons. The first-order chi connectivity index (χ1) is 25.4. The van der Waals surface area contributed by atoms with Gasteiger partial charge >= 0.3 is 12.1 Å². The van der Waals surface area contributed by atoms with Crippen LogP contribution in [-0.4, -0.2) is 52.0 Å². The minimum absolute atomic E-state index is 0.0780. The maximum atomic E-state index is 16.0. The normalized spacial score (nSPS) is 18.9. The molecule has 0 unspecified atom stereocenters. The van der Waals surface area contributed by atoms with Gasteiger partial charge < -0.3 is 20.1 Å². The van der Waals surface area contributed by atoms with E-state index in [0.717, 1.165) is 17.8 Å². The van der Waals surface area contributed by atoms with Crippen molar-refractivity contribution in [2.75, 3.05) is 19.6 Å². The van der Waals surface area contributed by atoms with Gasteiger partial charge in [-0.3, -0.25) is 19.0 Å². The van der Waals surface area contributed by atoms with E-state index in [1.54, 1.807) is 30.0 Å². The number of aryl methyl sites for hydroxylation is 2. The van der Waals surface area contributed by atoms with Crippen LogP contribution in [0.15, 0.2) is 65.6 Å². The summed E-state index contributed by atoms with van der Waals surface area (Å²) >= 11 is 0. The average Bonchev–Trinajstić information content (AvgIpc) is 3.09. The SMILES string of the molecule is Cc1cc2cc(c1F)[C@H](CC(=O)O)NC(=O)[C@H](n1cc(CCN3CCC(F)(F)CC3)c(C(F)(F)F)cc1=O)c1cc(ccc1F)COc1cccc(C)c1-2. The summed E-state index contributed by atoms with van der Waals surface area (Å²) in [4.78, 5) is 41.7. The number of rotatable bonds is 6. The first kappa shape index (κ1) is 38.5. The molecule has 2 N–H and O–H groups in total. The van der Waals surface area contributed by atoms with Gasteiger partial charge in [-0.2, -0.15) is 13.2 Å². The predicted octanol–water partition coefficient (Wildman–Crippen LogP) is 7.52. The largest absolute Gasteiger partial charge is 0.488 e. The Kier molecular flexibility index (Phi) is 10.6. The lowest BCUT2D eigenvalue weighted by atomic mass is 9.91. The zero-order valence-corrected chi connectivity index (χ0v) is 29.2. The zero-order valence-electron chi connectivity index (χ0n) is 29.2. The number of pyridine rings is 1. The van der Waals surface area contributed by atoms with E-state index in [-0.39, 0.29) is 49.9 Å². The van der Waals surface area contributed by atoms with Gasteiger partial charge in [0.2, 0.25) is 5.91 Å². The van der Waals surface area contributed by atoms with E-state index in [0.29, 0.717) is 27.0 Å². The maximum Gasteiger partial charge on any atom is 0.416 e. The molecule has 8 nitrogen and oxygen atoms in total. The summed E-state index contributed by atoms with van der Waals surface area (Å²) in [5.74, 6) is -7.07. The van der Waals surface area contributed by atoms with Crippen molar-refractivity contribution in [2.45, 2.75) is 70.3 Å². The number of piperidine rings is 1. The number of hydrogen-bond acceptors (Lipinski definition) is 5. The van der Waals surface area contributed by atoms with Gasteiger partial charge in [-0.15, -0.1) is 0 Å². The number of carbonyl (C=O) groups is 2. The van der Waals surface area contributed by atoms with E-state index in [4.69, 9.17) is 4.74 Å². The summed E-state index contributed by atoms with van der Waals surface area (Å²) < 4.78 is 109. The molecule has 1 amide bonds. The summed E-state index contributed by atoms with van der Waals surface area (Å²) in [5.41, 5.74) is -1.68. The van der Waals surface area contributed by atoms with Crippen LogP contribution in [0, 0.1) is 25.5 Å². The van der Waals surface area contributed by atoms with Crippen molar-refractivity contribution in [3.8, 4) is 16.9 Å². The van der Waals surface area contributed by atoms with Gasteiger partial charge in [-0.25, -0.2) is 17.6 Å². The lowest BCUT2D eigenvalue weighted by Crippen LogP contribution is -2.42. The third kappa shape index (κ3) is 8.15. The molecule has 54 heavy (non-hydrogen) atoms. The lowest BCUT2D eigenvalue weighted by Gasteiger charge is -2.32. The van der Waals surface area contributed by atoms with Crippen molar-refractivity contribution in [3.63, 3.8) is 0 Å². The van der Waals surface area contributed by atoms with Crippen LogP contribution >= 0.6 is 0 Å². The van der Waals surface area contributed by atoms with E-state index in [9.17, 15) is 41.4 Å². The molecular formula is C39H36F7N3O5. The minimum Gasteiger partial charge on any atom is -0.488 e. The van der Waals surface area contributed by atoms with Crippen LogP contribution in [-0.2, 0) is 28.8 Å². The molecule has 2 aliphatic heterocycles. The first-order valence-corrected chi connectivity index (χ1v) is 17.2. The van der Waals surface area contributed by atoms with Crippen molar-refractivity contribution < 1.29 is 50.2 Å². The van der Waals surface area contributed by atoms with Gasteiger partial charge in [-0.1, -0.05) is 18.2 Å². The predicted molar refractivity (Wildman–Crippen MR) is 183 cm³/mol. The summed E-state index contributed by atoms with van der Waals surface area (Å²) in [6, 6.07) is 8.33. The van der Waals surface area contributed by atoms with Gasteiger partial charge in [-0.05, 0) is 78.4 Å². The minimum atomic E-state index is -5.03. The monoisotopic (exact) mass is 759 g/mol. The second-order valence-electron chi connectivity index (χ2n) is 13.8. The molecular weight excluding hydrogens is 723 g/mol. The Hall–Kier alpha value is -5.18. The fraction of sp³-hybridized carbons (Fsp3) is 0.359. The third-order valence-electron chi connectivity index (χ3n) is 9.91. The zero-order chi connectivity index (χ0) is 39.1. The number of aromatic nitrogens is 1. The second-order valence-corrected chi connectivity index (χ2v) is 13.8. The summed E-state index contributed by atoms with van der Waals surface area (Å²) in [7, 11) is 0. The number of carbonyl (C=O) groups excluding carboxylic acids is 1. The number of carboxylic acids is 1. The molecule has 0 saturated carbocycles. The van der Waals surface area contributed by atoms with Gasteiger partial charge in [0.05, 0.1) is 18.0 Å². The fourth-order valence-electron chi connectivity index (χ4n) is 7.10. The Balaban J connectivity index is 1.52. The fourth-order valence-corrected chi connectivity index (χ4v) is 7.10. The van der Waals surface area contributed by atoms with Crippen LogP contribution < -0.4 is 15.6 Å². The van der Waals surface area contributed by atoms with E-state index in [1.165, 1.54) is 31.2 Å². The van der Waals surface area contributed by atoms with Crippen LogP contribution in [0.4, 0.5) is 30.7 Å². The van der Waals surface area contributed by atoms with Crippen LogP contribution in [0.5, 0.6) is 5.75 Å². The lowest BCUT2D eigenvalue weighted by molar-refractivity contribution is -0.139. The number of amides is 1. The highest BCUT2D eigenvalue weighted by Crippen LogP contribution is 2.39. The van der Waals surface area contributed by atoms with E-state index < -0.39 is 89.2 Å². The number of likely N-dealkylation sites (tertiary alicyclic amines) is 1. The summed E-state index contributed by atoms with van der Waals surface area (Å²) in [6.45, 7) is 2.81. The van der Waals surface area contributed by atoms with Crippen LogP contribution in [0.25, 0.3) is 11.1 Å². The number of carboxylic acid groups (broad SMARTS) is 1. The molecule has 0 aliphatic carbocycles. The van der Waals surface area contributed by atoms with E-state index in [1.807, 2.05) is 0 Å². The number of benzene rings is 3. The molecule has 3 aromatic carbocycles. The second kappa shape index (κ2) is 14.9. The molecule has 6 rings (SSSR count). The number of nitrogens with one attached hydrogen (secondary N) is 1. The number of nitrogens with zero attached hydrogens (tertiary/aromatic N) is 2. The topological polar surface area (TPSA) is 101 Å². The number of fused-ring (bicyclic) bond motifs is 6. The van der Waals surface area contributed by atoms with Gasteiger partial charge in [0.1, 0.15) is 30.0 Å². The molecule has 3 heterocycles. The highest BCUT2D eigenvalue weighted by molar-refractivity contribution is 5.85. The van der Waals surface area contributed by atoms with Gasteiger partial charge in [0, 0.05) is 61.4 Å². The highest BCUT2D eigenvalue weighted by atomic mass is 19.4. The van der Waals surface area contributed by atoms with E-state index >= 15 is 8.78 Å². The standard InChI is InChI=1S/C39H36F7N3O5/c1-21-4-3-5-31-34(21)25-14-22(2)35(41)27(16-25)30(18-33(51)52)47-37(53)36(26-15-23(20-54-31)6-7-29(26)40)49-19-24(28(17-32(49)50)39(44,45)46)8-11-48-12-9-38(42,43)10-13-48/h3-7,14-17,19,30,36H,8-13,18,20H2,1-2H3,(H,47,53)(H,51,52)/t30-,36+/m0/s1. The Bertz CT molecular complexity index is 2160. The number of aliphatic carboxylic acids is 1. The quantitative estimate of drug-likeness (QED) is 0.198. The van der Waals surface area contributed by atoms with Crippen LogP contribution in [0.2, 0.25) is 0 Å². The third-order valence-corrected chi connectivity index (χ3v) is 9.91. The van der Waals surface area contributed by atoms with Crippen molar-refractivity contribution in [1.82, 2.24) is 14.8 Å². The molecule has 1 saturated heterocycles. The molecule has 4 aromatic rings. The summed E-state index contributed by atoms with van der Waals surface area (Å²) in [5, 5.41) is 12.3. The number of ether oxygens (including phenoxy) is 1. The van der Waals surface area contributed by atoms with E-state index in [2.05, 4.69) is 5.32 Å².